The van der Waals surface area contributed by atoms with Crippen molar-refractivity contribution >= 4 is 5.95 Å². The number of aromatic nitrogens is 2. The molecule has 1 aliphatic heterocycles. The summed E-state index contributed by atoms with van der Waals surface area (Å²) in [5.41, 5.74) is 0.362. The summed E-state index contributed by atoms with van der Waals surface area (Å²) >= 11 is 0. The number of benzene rings is 1. The van der Waals surface area contributed by atoms with Gasteiger partial charge in [0.15, 0.2) is 11.5 Å². The zero-order valence-electron chi connectivity index (χ0n) is 14.8. The van der Waals surface area contributed by atoms with Crippen molar-refractivity contribution in [1.82, 2.24) is 9.97 Å². The van der Waals surface area contributed by atoms with E-state index in [0.717, 1.165) is 25.9 Å². The average molecular weight is 354 g/mol. The Bertz CT molecular complexity index is 877. The number of aromatic amines is 1. The summed E-state index contributed by atoms with van der Waals surface area (Å²) in [4.78, 5) is 21.8. The lowest BCUT2D eigenvalue weighted by Gasteiger charge is -2.21. The number of phenolic OH excluding ortho intramolecular Hbond substituents is 1. The summed E-state index contributed by atoms with van der Waals surface area (Å²) in [7, 11) is 0. The van der Waals surface area contributed by atoms with Gasteiger partial charge in [-0.1, -0.05) is 12.8 Å². The Balaban J connectivity index is 2.09. The lowest BCUT2D eigenvalue weighted by atomic mass is 10.1. The largest absolute Gasteiger partial charge is 0.504 e. The maximum Gasteiger partial charge on any atom is 0.270 e. The van der Waals surface area contributed by atoms with Crippen molar-refractivity contribution in [3.8, 4) is 28.8 Å². The van der Waals surface area contributed by atoms with Crippen molar-refractivity contribution in [2.24, 2.45) is 0 Å². The molecule has 7 nitrogen and oxygen atoms in total. The van der Waals surface area contributed by atoms with Gasteiger partial charge in [0.1, 0.15) is 11.6 Å². The molecule has 0 aliphatic carbocycles. The molecule has 2 heterocycles. The van der Waals surface area contributed by atoms with Crippen LogP contribution in [0.2, 0.25) is 0 Å². The molecule has 2 aromatic rings. The summed E-state index contributed by atoms with van der Waals surface area (Å²) < 4.78 is 5.41. The van der Waals surface area contributed by atoms with Crippen molar-refractivity contribution in [3.05, 3.63) is 34.1 Å². The summed E-state index contributed by atoms with van der Waals surface area (Å²) in [6.45, 7) is 3.86. The highest BCUT2D eigenvalue weighted by molar-refractivity contribution is 5.70. The molecule has 1 aromatic carbocycles. The highest BCUT2D eigenvalue weighted by Crippen LogP contribution is 2.32. The van der Waals surface area contributed by atoms with E-state index in [9.17, 15) is 15.2 Å². The van der Waals surface area contributed by atoms with E-state index in [1.807, 2.05) is 13.0 Å². The molecular weight excluding hydrogens is 332 g/mol. The normalized spacial score (nSPS) is 14.5. The second-order valence-electron chi connectivity index (χ2n) is 6.24. The Hall–Kier alpha value is -3.01. The van der Waals surface area contributed by atoms with Crippen LogP contribution in [0.3, 0.4) is 0 Å². The maximum atomic E-state index is 12.4. The Morgan fingerprint density at radius 1 is 1.31 bits per heavy atom. The molecule has 1 aromatic heterocycles. The van der Waals surface area contributed by atoms with E-state index in [1.54, 1.807) is 12.1 Å². The third-order valence-corrected chi connectivity index (χ3v) is 4.46. The van der Waals surface area contributed by atoms with Crippen molar-refractivity contribution < 1.29 is 9.84 Å². The van der Waals surface area contributed by atoms with Gasteiger partial charge in [0.25, 0.3) is 5.56 Å². The van der Waals surface area contributed by atoms with Gasteiger partial charge in [0, 0.05) is 18.7 Å². The number of nitriles is 1. The number of phenols is 1. The summed E-state index contributed by atoms with van der Waals surface area (Å²) in [6, 6.07) is 6.66. The first-order valence-electron chi connectivity index (χ1n) is 8.89. The SMILES string of the molecule is CCOc1cc(-c2nc(N3CCCCCC3)[nH]c(=O)c2C#N)ccc1O. The Morgan fingerprint density at radius 3 is 2.69 bits per heavy atom. The second-order valence-corrected chi connectivity index (χ2v) is 6.24. The van der Waals surface area contributed by atoms with Crippen molar-refractivity contribution in [3.63, 3.8) is 0 Å². The van der Waals surface area contributed by atoms with E-state index in [4.69, 9.17) is 4.74 Å². The molecule has 0 spiro atoms. The Morgan fingerprint density at radius 2 is 2.04 bits per heavy atom. The fourth-order valence-electron chi connectivity index (χ4n) is 3.14. The van der Waals surface area contributed by atoms with Gasteiger partial charge in [-0.3, -0.25) is 9.78 Å². The van der Waals surface area contributed by atoms with Crippen LogP contribution in [-0.4, -0.2) is 34.8 Å². The fraction of sp³-hybridized carbons (Fsp3) is 0.421. The summed E-state index contributed by atoms with van der Waals surface area (Å²) in [5.74, 6) is 0.788. The predicted octanol–water partition coefficient (Wildman–Crippen LogP) is 2.79. The Kier molecular flexibility index (Phi) is 5.42. The highest BCUT2D eigenvalue weighted by atomic mass is 16.5. The predicted molar refractivity (Wildman–Crippen MR) is 98.5 cm³/mol. The second kappa shape index (κ2) is 7.91. The van der Waals surface area contributed by atoms with Gasteiger partial charge in [-0.25, -0.2) is 4.98 Å². The molecule has 0 saturated carbocycles. The van der Waals surface area contributed by atoms with Crippen molar-refractivity contribution in [2.75, 3.05) is 24.6 Å². The van der Waals surface area contributed by atoms with Gasteiger partial charge in [0.2, 0.25) is 5.95 Å². The molecule has 1 aliphatic rings. The molecular formula is C19H22N4O3. The zero-order chi connectivity index (χ0) is 18.5. The topological polar surface area (TPSA) is 102 Å². The molecule has 2 N–H and O–H groups in total. The minimum absolute atomic E-state index is 0.00619. The number of H-pyrrole nitrogens is 1. The first kappa shape index (κ1) is 17.8. The van der Waals surface area contributed by atoms with Crippen LogP contribution < -0.4 is 15.2 Å². The van der Waals surface area contributed by atoms with Gasteiger partial charge in [-0.2, -0.15) is 5.26 Å². The third kappa shape index (κ3) is 3.64. The molecule has 0 radical (unpaired) electrons. The van der Waals surface area contributed by atoms with Crippen LogP contribution in [0.4, 0.5) is 5.95 Å². The molecule has 0 bridgehead atoms. The highest BCUT2D eigenvalue weighted by Gasteiger charge is 2.19. The minimum Gasteiger partial charge on any atom is -0.504 e. The van der Waals surface area contributed by atoms with E-state index >= 15 is 0 Å². The van der Waals surface area contributed by atoms with Crippen molar-refractivity contribution in [2.45, 2.75) is 32.6 Å². The number of ether oxygens (including phenoxy) is 1. The molecule has 26 heavy (non-hydrogen) atoms. The van der Waals surface area contributed by atoms with E-state index in [1.165, 1.54) is 18.9 Å². The minimum atomic E-state index is -0.456. The van der Waals surface area contributed by atoms with E-state index in [-0.39, 0.29) is 11.3 Å². The smallest absolute Gasteiger partial charge is 0.270 e. The summed E-state index contributed by atoms with van der Waals surface area (Å²) in [5, 5.41) is 19.3. The number of rotatable bonds is 4. The van der Waals surface area contributed by atoms with Gasteiger partial charge in [-0.15, -0.1) is 0 Å². The lowest BCUT2D eigenvalue weighted by molar-refractivity contribution is 0.318. The third-order valence-electron chi connectivity index (χ3n) is 4.46. The molecule has 136 valence electrons. The molecule has 1 fully saturated rings. The van der Waals surface area contributed by atoms with Crippen molar-refractivity contribution in [1.29, 1.82) is 5.26 Å². The van der Waals surface area contributed by atoms with E-state index < -0.39 is 5.56 Å². The van der Waals surface area contributed by atoms with Gasteiger partial charge < -0.3 is 14.7 Å². The number of hydrogen-bond acceptors (Lipinski definition) is 6. The number of hydrogen-bond donors (Lipinski definition) is 2. The van der Waals surface area contributed by atoms with E-state index in [2.05, 4.69) is 14.9 Å². The van der Waals surface area contributed by atoms with Gasteiger partial charge >= 0.3 is 0 Å². The molecule has 3 rings (SSSR count). The first-order chi connectivity index (χ1) is 12.6. The standard InChI is InChI=1S/C19H22N4O3/c1-2-26-16-11-13(7-8-15(16)24)17-14(12-20)18(25)22-19(21-17)23-9-5-3-4-6-10-23/h7-8,11,24H,2-6,9-10H2,1H3,(H,21,22,25). The maximum absolute atomic E-state index is 12.4. The van der Waals surface area contributed by atoms with Crippen LogP contribution in [0.5, 0.6) is 11.5 Å². The lowest BCUT2D eigenvalue weighted by Crippen LogP contribution is -2.29. The molecule has 0 unspecified atom stereocenters. The quantitative estimate of drug-likeness (QED) is 0.875. The molecule has 0 atom stereocenters. The molecule has 7 heteroatoms. The number of nitrogens with zero attached hydrogens (tertiary/aromatic N) is 3. The molecule has 0 amide bonds. The van der Waals surface area contributed by atoms with Gasteiger partial charge in [-0.05, 0) is 38.0 Å². The van der Waals surface area contributed by atoms with Crippen LogP contribution in [0.1, 0.15) is 38.2 Å². The average Bonchev–Trinajstić information content (AvgIpc) is 2.92. The van der Waals surface area contributed by atoms with Crippen LogP contribution in [0, 0.1) is 11.3 Å². The van der Waals surface area contributed by atoms with Crippen LogP contribution in [-0.2, 0) is 0 Å². The number of anilines is 1. The van der Waals surface area contributed by atoms with E-state index in [0.29, 0.717) is 29.6 Å². The number of nitrogens with one attached hydrogen (secondary N) is 1. The van der Waals surface area contributed by atoms with Crippen LogP contribution in [0.15, 0.2) is 23.0 Å². The Labute approximate surface area is 151 Å². The zero-order valence-corrected chi connectivity index (χ0v) is 14.8. The monoisotopic (exact) mass is 354 g/mol. The summed E-state index contributed by atoms with van der Waals surface area (Å²) in [6.07, 6.45) is 4.43. The van der Waals surface area contributed by atoms with Crippen LogP contribution in [0.25, 0.3) is 11.3 Å². The fourth-order valence-corrected chi connectivity index (χ4v) is 3.14. The van der Waals surface area contributed by atoms with Crippen LogP contribution >= 0.6 is 0 Å². The molecule has 1 saturated heterocycles. The number of aromatic hydroxyl groups is 1. The first-order valence-corrected chi connectivity index (χ1v) is 8.89. The van der Waals surface area contributed by atoms with Gasteiger partial charge in [0.05, 0.1) is 12.3 Å².